The molecule has 5 nitrogen and oxygen atoms in total. The Bertz CT molecular complexity index is 976. The summed E-state index contributed by atoms with van der Waals surface area (Å²) in [6.07, 6.45) is 0. The molecule has 1 aromatic heterocycles. The first-order valence-electron chi connectivity index (χ1n) is 8.45. The Hall–Kier alpha value is -3.08. The van der Waals surface area contributed by atoms with E-state index in [1.165, 1.54) is 23.1 Å². The highest BCUT2D eigenvalue weighted by Gasteiger charge is 2.07. The molecule has 140 valence electrons. The lowest BCUT2D eigenvalue weighted by atomic mass is 10.2. The highest BCUT2D eigenvalue weighted by atomic mass is 32.2. The van der Waals surface area contributed by atoms with Gasteiger partial charge < -0.3 is 10.6 Å². The normalized spacial score (nSPS) is 10.1. The summed E-state index contributed by atoms with van der Waals surface area (Å²) in [5.41, 5.74) is 3.05. The van der Waals surface area contributed by atoms with Gasteiger partial charge in [0.2, 0.25) is 5.91 Å². The lowest BCUT2D eigenvalue weighted by Crippen LogP contribution is -2.14. The SMILES string of the molecule is N#Cc1ccc(CSCC(=O)Nc2ccc(NC(=O)c3cccs3)cc2)cc1. The smallest absolute Gasteiger partial charge is 0.265 e. The summed E-state index contributed by atoms with van der Waals surface area (Å²) in [6.45, 7) is 0. The highest BCUT2D eigenvalue weighted by molar-refractivity contribution is 7.99. The third kappa shape index (κ3) is 5.71. The Balaban J connectivity index is 1.43. The molecule has 0 saturated heterocycles. The number of carbonyl (C=O) groups is 2. The minimum Gasteiger partial charge on any atom is -0.325 e. The first-order valence-corrected chi connectivity index (χ1v) is 10.5. The van der Waals surface area contributed by atoms with Crippen LogP contribution in [0.1, 0.15) is 20.8 Å². The van der Waals surface area contributed by atoms with E-state index in [1.54, 1.807) is 42.5 Å². The van der Waals surface area contributed by atoms with Crippen molar-refractivity contribution >= 4 is 46.3 Å². The van der Waals surface area contributed by atoms with Gasteiger partial charge in [-0.15, -0.1) is 23.1 Å². The summed E-state index contributed by atoms with van der Waals surface area (Å²) in [5, 5.41) is 16.3. The van der Waals surface area contributed by atoms with Gasteiger partial charge in [0, 0.05) is 17.1 Å². The van der Waals surface area contributed by atoms with E-state index in [4.69, 9.17) is 5.26 Å². The lowest BCUT2D eigenvalue weighted by Gasteiger charge is -2.08. The molecule has 28 heavy (non-hydrogen) atoms. The number of amides is 2. The molecule has 0 aliphatic carbocycles. The van der Waals surface area contributed by atoms with E-state index in [0.29, 0.717) is 33.3 Å². The molecule has 7 heteroatoms. The summed E-state index contributed by atoms with van der Waals surface area (Å²) in [5.74, 6) is 0.795. The number of nitrogens with zero attached hydrogens (tertiary/aromatic N) is 1. The Morgan fingerprint density at radius 1 is 0.964 bits per heavy atom. The van der Waals surface area contributed by atoms with Crippen molar-refractivity contribution < 1.29 is 9.59 Å². The summed E-state index contributed by atoms with van der Waals surface area (Å²) >= 11 is 2.89. The minimum absolute atomic E-state index is 0.0889. The molecule has 0 saturated carbocycles. The first kappa shape index (κ1) is 19.7. The standard InChI is InChI=1S/C21H17N3O2S2/c22-12-15-3-5-16(6-4-15)13-27-14-20(25)23-17-7-9-18(10-8-17)24-21(26)19-2-1-11-28-19/h1-11H,13-14H2,(H,23,25)(H,24,26). The average molecular weight is 408 g/mol. The number of hydrogen-bond acceptors (Lipinski definition) is 5. The van der Waals surface area contributed by atoms with Crippen LogP contribution < -0.4 is 10.6 Å². The summed E-state index contributed by atoms with van der Waals surface area (Å²) < 4.78 is 0. The third-order valence-electron chi connectivity index (χ3n) is 3.76. The van der Waals surface area contributed by atoms with Gasteiger partial charge in [-0.05, 0) is 53.4 Å². The Morgan fingerprint density at radius 2 is 1.64 bits per heavy atom. The maximum atomic E-state index is 12.1. The van der Waals surface area contributed by atoms with Crippen molar-refractivity contribution in [2.24, 2.45) is 0 Å². The molecule has 2 amide bonds. The van der Waals surface area contributed by atoms with Crippen LogP contribution in [0.15, 0.2) is 66.0 Å². The zero-order valence-electron chi connectivity index (χ0n) is 14.8. The lowest BCUT2D eigenvalue weighted by molar-refractivity contribution is -0.113. The van der Waals surface area contributed by atoms with Crippen LogP contribution in [-0.2, 0) is 10.5 Å². The molecule has 3 rings (SSSR count). The Morgan fingerprint density at radius 3 is 2.25 bits per heavy atom. The topological polar surface area (TPSA) is 82.0 Å². The second-order valence-electron chi connectivity index (χ2n) is 5.86. The molecule has 0 aliphatic rings. The van der Waals surface area contributed by atoms with Crippen molar-refractivity contribution in [2.75, 3.05) is 16.4 Å². The van der Waals surface area contributed by atoms with Crippen LogP contribution in [0, 0.1) is 11.3 Å². The molecular weight excluding hydrogens is 390 g/mol. The van der Waals surface area contributed by atoms with Crippen molar-refractivity contribution in [3.63, 3.8) is 0 Å². The largest absolute Gasteiger partial charge is 0.325 e. The van der Waals surface area contributed by atoms with Gasteiger partial charge in [0.1, 0.15) is 0 Å². The third-order valence-corrected chi connectivity index (χ3v) is 5.63. The number of nitrogens with one attached hydrogen (secondary N) is 2. The fourth-order valence-corrected chi connectivity index (χ4v) is 3.78. The number of thioether (sulfide) groups is 1. The van der Waals surface area contributed by atoms with E-state index in [9.17, 15) is 9.59 Å². The van der Waals surface area contributed by atoms with Gasteiger partial charge in [0.25, 0.3) is 5.91 Å². The van der Waals surface area contributed by atoms with E-state index in [1.807, 2.05) is 23.6 Å². The predicted molar refractivity (Wildman–Crippen MR) is 115 cm³/mol. The van der Waals surface area contributed by atoms with Gasteiger partial charge in [0.15, 0.2) is 0 Å². The molecule has 2 aromatic carbocycles. The Kier molecular flexibility index (Phi) is 6.84. The number of hydrogen-bond donors (Lipinski definition) is 2. The van der Waals surface area contributed by atoms with Crippen LogP contribution in [0.4, 0.5) is 11.4 Å². The number of benzene rings is 2. The van der Waals surface area contributed by atoms with Gasteiger partial charge >= 0.3 is 0 Å². The molecule has 3 aromatic rings. The minimum atomic E-state index is -0.147. The molecule has 0 aliphatic heterocycles. The second kappa shape index (κ2) is 9.74. The second-order valence-corrected chi connectivity index (χ2v) is 7.79. The van der Waals surface area contributed by atoms with Crippen LogP contribution in [0.5, 0.6) is 0 Å². The number of nitriles is 1. The molecule has 0 unspecified atom stereocenters. The zero-order chi connectivity index (χ0) is 19.8. The monoisotopic (exact) mass is 407 g/mol. The van der Waals surface area contributed by atoms with Crippen molar-refractivity contribution in [1.82, 2.24) is 0 Å². The van der Waals surface area contributed by atoms with Gasteiger partial charge in [-0.25, -0.2) is 0 Å². The maximum Gasteiger partial charge on any atom is 0.265 e. The van der Waals surface area contributed by atoms with E-state index in [-0.39, 0.29) is 11.8 Å². The van der Waals surface area contributed by atoms with E-state index in [0.717, 1.165) is 5.56 Å². The van der Waals surface area contributed by atoms with Gasteiger partial charge in [-0.2, -0.15) is 5.26 Å². The van der Waals surface area contributed by atoms with Crippen molar-refractivity contribution in [1.29, 1.82) is 5.26 Å². The summed E-state index contributed by atoms with van der Waals surface area (Å²) in [4.78, 5) is 24.7. The van der Waals surface area contributed by atoms with E-state index >= 15 is 0 Å². The van der Waals surface area contributed by atoms with Crippen LogP contribution >= 0.6 is 23.1 Å². The number of anilines is 2. The van der Waals surface area contributed by atoms with Gasteiger partial charge in [-0.1, -0.05) is 18.2 Å². The van der Waals surface area contributed by atoms with Crippen molar-refractivity contribution in [3.8, 4) is 6.07 Å². The van der Waals surface area contributed by atoms with Gasteiger partial charge in [0.05, 0.1) is 22.3 Å². The van der Waals surface area contributed by atoms with Gasteiger partial charge in [-0.3, -0.25) is 9.59 Å². The number of carbonyl (C=O) groups excluding carboxylic acids is 2. The van der Waals surface area contributed by atoms with Crippen LogP contribution in [-0.4, -0.2) is 17.6 Å². The number of rotatable bonds is 7. The Labute approximate surface area is 171 Å². The van der Waals surface area contributed by atoms with Crippen LogP contribution in [0.3, 0.4) is 0 Å². The molecule has 0 bridgehead atoms. The molecular formula is C21H17N3O2S2. The van der Waals surface area contributed by atoms with Crippen LogP contribution in [0.2, 0.25) is 0 Å². The molecule has 1 heterocycles. The van der Waals surface area contributed by atoms with Crippen LogP contribution in [0.25, 0.3) is 0 Å². The molecule has 0 radical (unpaired) electrons. The fourth-order valence-electron chi connectivity index (χ4n) is 2.37. The zero-order valence-corrected chi connectivity index (χ0v) is 16.5. The quantitative estimate of drug-likeness (QED) is 0.592. The predicted octanol–water partition coefficient (Wildman–Crippen LogP) is 4.74. The molecule has 2 N–H and O–H groups in total. The fraction of sp³-hybridized carbons (Fsp3) is 0.0952. The van der Waals surface area contributed by atoms with Crippen molar-refractivity contribution in [3.05, 3.63) is 82.0 Å². The average Bonchev–Trinajstić information content (AvgIpc) is 3.25. The maximum absolute atomic E-state index is 12.1. The highest BCUT2D eigenvalue weighted by Crippen LogP contribution is 2.17. The summed E-state index contributed by atoms with van der Waals surface area (Å²) in [7, 11) is 0. The van der Waals surface area contributed by atoms with E-state index < -0.39 is 0 Å². The molecule has 0 fully saturated rings. The molecule has 0 spiro atoms. The van der Waals surface area contributed by atoms with Crippen molar-refractivity contribution in [2.45, 2.75) is 5.75 Å². The molecule has 0 atom stereocenters. The number of thiophene rings is 1. The summed E-state index contributed by atoms with van der Waals surface area (Å²) in [6, 6.07) is 20.0. The first-order chi connectivity index (χ1) is 13.6. The van der Waals surface area contributed by atoms with E-state index in [2.05, 4.69) is 16.7 Å².